The molecule has 0 N–H and O–H groups in total. The molecule has 8 aromatic rings. The average molecular weight is 597 g/mol. The summed E-state index contributed by atoms with van der Waals surface area (Å²) in [4.78, 5) is 9.83. The molecule has 1 spiro atoms. The zero-order valence-corrected chi connectivity index (χ0v) is 25.6. The number of benzene rings is 7. The quantitative estimate of drug-likeness (QED) is 0.203. The second-order valence-corrected chi connectivity index (χ2v) is 12.5. The first-order valence-corrected chi connectivity index (χ1v) is 16.2. The first-order chi connectivity index (χ1) is 23.3. The van der Waals surface area contributed by atoms with Crippen molar-refractivity contribution in [1.82, 2.24) is 9.97 Å². The predicted molar refractivity (Wildman–Crippen MR) is 192 cm³/mol. The van der Waals surface area contributed by atoms with Gasteiger partial charge in [0, 0.05) is 23.5 Å². The fourth-order valence-electron chi connectivity index (χ4n) is 8.18. The molecule has 2 nitrogen and oxygen atoms in total. The smallest absolute Gasteiger partial charge is 0.159 e. The van der Waals surface area contributed by atoms with Crippen molar-refractivity contribution in [3.8, 4) is 55.9 Å². The molecule has 0 aliphatic heterocycles. The van der Waals surface area contributed by atoms with E-state index in [1.165, 1.54) is 66.4 Å². The van der Waals surface area contributed by atoms with Crippen molar-refractivity contribution in [3.63, 3.8) is 0 Å². The third-order valence-electron chi connectivity index (χ3n) is 10.2. The van der Waals surface area contributed by atoms with Crippen LogP contribution in [0, 0.1) is 0 Å². The van der Waals surface area contributed by atoms with Crippen LogP contribution in [0.25, 0.3) is 66.7 Å². The Labute approximate surface area is 273 Å². The summed E-state index contributed by atoms with van der Waals surface area (Å²) in [6.45, 7) is 0. The molecule has 1 aromatic heterocycles. The number of hydrogen-bond acceptors (Lipinski definition) is 2. The van der Waals surface area contributed by atoms with Crippen LogP contribution < -0.4 is 0 Å². The van der Waals surface area contributed by atoms with Crippen LogP contribution in [-0.2, 0) is 5.41 Å². The van der Waals surface area contributed by atoms with E-state index in [4.69, 9.17) is 9.97 Å². The van der Waals surface area contributed by atoms with Crippen LogP contribution in [0.3, 0.4) is 0 Å². The minimum Gasteiger partial charge on any atom is -0.236 e. The highest BCUT2D eigenvalue weighted by Gasteiger charge is 2.51. The van der Waals surface area contributed by atoms with Gasteiger partial charge in [0.05, 0.1) is 5.41 Å². The van der Waals surface area contributed by atoms with Crippen molar-refractivity contribution in [1.29, 1.82) is 0 Å². The molecule has 2 aliphatic rings. The van der Waals surface area contributed by atoms with Crippen molar-refractivity contribution in [3.05, 3.63) is 192 Å². The third-order valence-corrected chi connectivity index (χ3v) is 10.2. The topological polar surface area (TPSA) is 25.8 Å². The first kappa shape index (κ1) is 26.1. The molecule has 2 heteroatoms. The Morgan fingerprint density at radius 3 is 1.49 bits per heavy atom. The summed E-state index contributed by atoms with van der Waals surface area (Å²) in [5.74, 6) is 0.731. The molecule has 0 bridgehead atoms. The predicted octanol–water partition coefficient (Wildman–Crippen LogP) is 11.0. The molecule has 1 heterocycles. The average Bonchev–Trinajstić information content (AvgIpc) is 3.62. The van der Waals surface area contributed by atoms with Gasteiger partial charge in [0.2, 0.25) is 0 Å². The Kier molecular flexibility index (Phi) is 5.53. The fourth-order valence-corrected chi connectivity index (χ4v) is 8.18. The lowest BCUT2D eigenvalue weighted by atomic mass is 9.70. The lowest BCUT2D eigenvalue weighted by Crippen LogP contribution is -2.25. The molecule has 218 valence electrons. The van der Waals surface area contributed by atoms with E-state index in [0.29, 0.717) is 0 Å². The summed E-state index contributed by atoms with van der Waals surface area (Å²) < 4.78 is 0. The monoisotopic (exact) mass is 596 g/mol. The van der Waals surface area contributed by atoms with Gasteiger partial charge < -0.3 is 0 Å². The Morgan fingerprint density at radius 1 is 0.340 bits per heavy atom. The Morgan fingerprint density at radius 2 is 0.830 bits per heavy atom. The molecule has 10 rings (SSSR count). The Bertz CT molecular complexity index is 2440. The molecule has 2 aliphatic carbocycles. The van der Waals surface area contributed by atoms with Crippen LogP contribution in [-0.4, -0.2) is 9.97 Å². The van der Waals surface area contributed by atoms with Gasteiger partial charge >= 0.3 is 0 Å². The van der Waals surface area contributed by atoms with Gasteiger partial charge in [-0.25, -0.2) is 9.97 Å². The molecule has 0 fully saturated rings. The molecule has 0 saturated heterocycles. The summed E-state index contributed by atoms with van der Waals surface area (Å²) in [6, 6.07) is 57.2. The lowest BCUT2D eigenvalue weighted by Gasteiger charge is -2.30. The number of rotatable bonds is 3. The summed E-state index contributed by atoms with van der Waals surface area (Å²) in [6.07, 6.45) is 3.90. The molecular formula is C45H28N2. The van der Waals surface area contributed by atoms with Gasteiger partial charge in [0.15, 0.2) is 5.82 Å². The van der Waals surface area contributed by atoms with Crippen LogP contribution in [0.1, 0.15) is 22.3 Å². The number of aromatic nitrogens is 2. The van der Waals surface area contributed by atoms with E-state index >= 15 is 0 Å². The zero-order valence-electron chi connectivity index (χ0n) is 25.6. The highest BCUT2D eigenvalue weighted by atomic mass is 14.9. The minimum atomic E-state index is -0.374. The molecule has 47 heavy (non-hydrogen) atoms. The molecule has 0 amide bonds. The third kappa shape index (κ3) is 3.67. The van der Waals surface area contributed by atoms with Gasteiger partial charge in [-0.05, 0) is 78.0 Å². The maximum Gasteiger partial charge on any atom is 0.159 e. The highest BCUT2D eigenvalue weighted by Crippen LogP contribution is 2.62. The van der Waals surface area contributed by atoms with E-state index in [9.17, 15) is 0 Å². The van der Waals surface area contributed by atoms with Gasteiger partial charge in [-0.2, -0.15) is 0 Å². The van der Waals surface area contributed by atoms with Crippen molar-refractivity contribution < 1.29 is 0 Å². The summed E-state index contributed by atoms with van der Waals surface area (Å²) in [5.41, 5.74) is 15.7. The SMILES string of the molecule is c1ccc2c(c1)-c1ccccc1C21c2ccccc2-c2ccc(-c3ncc(-c4ccc(-c5cccc6ccccc56)cc4)cn3)cc21. The van der Waals surface area contributed by atoms with Crippen LogP contribution in [0.15, 0.2) is 170 Å². The largest absolute Gasteiger partial charge is 0.236 e. The maximum atomic E-state index is 4.91. The summed E-state index contributed by atoms with van der Waals surface area (Å²) in [5, 5.41) is 2.51. The summed E-state index contributed by atoms with van der Waals surface area (Å²) >= 11 is 0. The normalized spacial score (nSPS) is 13.3. The van der Waals surface area contributed by atoms with Gasteiger partial charge in [0.1, 0.15) is 0 Å². The number of nitrogens with zero attached hydrogens (tertiary/aromatic N) is 2. The van der Waals surface area contributed by atoms with Crippen LogP contribution in [0.2, 0.25) is 0 Å². The molecular weight excluding hydrogens is 569 g/mol. The van der Waals surface area contributed by atoms with E-state index in [-0.39, 0.29) is 5.41 Å². The number of hydrogen-bond donors (Lipinski definition) is 0. The molecule has 7 aromatic carbocycles. The fraction of sp³-hybridized carbons (Fsp3) is 0.0222. The van der Waals surface area contributed by atoms with E-state index in [0.717, 1.165) is 22.5 Å². The lowest BCUT2D eigenvalue weighted by molar-refractivity contribution is 0.794. The van der Waals surface area contributed by atoms with Gasteiger partial charge in [0.25, 0.3) is 0 Å². The van der Waals surface area contributed by atoms with Crippen LogP contribution in [0.5, 0.6) is 0 Å². The van der Waals surface area contributed by atoms with Gasteiger partial charge in [-0.1, -0.05) is 152 Å². The van der Waals surface area contributed by atoms with E-state index in [1.807, 2.05) is 12.4 Å². The maximum absolute atomic E-state index is 4.91. The van der Waals surface area contributed by atoms with Crippen LogP contribution in [0.4, 0.5) is 0 Å². The minimum absolute atomic E-state index is 0.374. The molecule has 0 radical (unpaired) electrons. The second-order valence-electron chi connectivity index (χ2n) is 12.5. The van der Waals surface area contributed by atoms with Crippen LogP contribution >= 0.6 is 0 Å². The summed E-state index contributed by atoms with van der Waals surface area (Å²) in [7, 11) is 0. The van der Waals surface area contributed by atoms with E-state index in [1.54, 1.807) is 0 Å². The van der Waals surface area contributed by atoms with Crippen molar-refractivity contribution >= 4 is 10.8 Å². The molecule has 0 saturated carbocycles. The Balaban J connectivity index is 1.05. The van der Waals surface area contributed by atoms with Crippen molar-refractivity contribution in [2.75, 3.05) is 0 Å². The Hall–Kier alpha value is -6.12. The van der Waals surface area contributed by atoms with Gasteiger partial charge in [-0.15, -0.1) is 0 Å². The van der Waals surface area contributed by atoms with E-state index in [2.05, 4.69) is 158 Å². The molecule has 0 unspecified atom stereocenters. The van der Waals surface area contributed by atoms with Crippen molar-refractivity contribution in [2.24, 2.45) is 0 Å². The standard InChI is InChI=1S/C45H28N2/c1-2-12-34-30(10-1)11-9-16-35(34)31-22-20-29(21-23-31)33-27-46-44(47-28-33)32-24-25-39-38-15-5-8-19-42(38)45(43(39)26-32)40-17-6-3-13-36(40)37-14-4-7-18-41(37)45/h1-28H. The number of fused-ring (bicyclic) bond motifs is 11. The zero-order chi connectivity index (χ0) is 31.0. The van der Waals surface area contributed by atoms with Crippen molar-refractivity contribution in [2.45, 2.75) is 5.41 Å². The molecule has 0 atom stereocenters. The highest BCUT2D eigenvalue weighted by molar-refractivity contribution is 5.97. The van der Waals surface area contributed by atoms with E-state index < -0.39 is 0 Å². The second kappa shape index (κ2) is 9.94. The van der Waals surface area contributed by atoms with Gasteiger partial charge in [-0.3, -0.25) is 0 Å². The first-order valence-electron chi connectivity index (χ1n) is 16.2.